The smallest absolute Gasteiger partial charge is 0.257 e. The predicted octanol–water partition coefficient (Wildman–Crippen LogP) is 2.73. The first-order valence-corrected chi connectivity index (χ1v) is 7.81. The molecule has 6 heteroatoms. The lowest BCUT2D eigenvalue weighted by atomic mass is 10.0. The summed E-state index contributed by atoms with van der Waals surface area (Å²) in [6.45, 7) is 1.28. The molecular weight excluding hydrogens is 297 g/mol. The molecule has 2 heterocycles. The number of ether oxygens (including phenoxy) is 1. The van der Waals surface area contributed by atoms with Crippen molar-refractivity contribution in [3.8, 4) is 5.75 Å². The van der Waals surface area contributed by atoms with Crippen LogP contribution >= 0.6 is 0 Å². The van der Waals surface area contributed by atoms with Gasteiger partial charge in [-0.05, 0) is 37.5 Å². The lowest BCUT2D eigenvalue weighted by Crippen LogP contribution is -2.46. The molecule has 0 radical (unpaired) electrons. The number of piperidine rings is 1. The molecule has 0 saturated carbocycles. The van der Waals surface area contributed by atoms with Crippen LogP contribution in [0, 0.1) is 5.82 Å². The fourth-order valence-electron chi connectivity index (χ4n) is 3.03. The van der Waals surface area contributed by atoms with Crippen LogP contribution in [0.15, 0.2) is 36.7 Å². The zero-order valence-electron chi connectivity index (χ0n) is 13.1. The second kappa shape index (κ2) is 6.81. The summed E-state index contributed by atoms with van der Waals surface area (Å²) >= 11 is 0. The van der Waals surface area contributed by atoms with Gasteiger partial charge in [0.1, 0.15) is 11.6 Å². The number of amides is 1. The number of aromatic nitrogens is 2. The van der Waals surface area contributed by atoms with Crippen molar-refractivity contribution in [3.63, 3.8) is 0 Å². The van der Waals surface area contributed by atoms with Crippen molar-refractivity contribution in [1.29, 1.82) is 0 Å². The molecule has 1 aliphatic heterocycles. The highest BCUT2D eigenvalue weighted by molar-refractivity contribution is 5.95. The maximum Gasteiger partial charge on any atom is 0.257 e. The molecule has 1 unspecified atom stereocenters. The minimum Gasteiger partial charge on any atom is -0.497 e. The summed E-state index contributed by atoms with van der Waals surface area (Å²) in [5.74, 6) is -0.398. The van der Waals surface area contributed by atoms with Gasteiger partial charge in [-0.2, -0.15) is 5.10 Å². The molecule has 1 atom stereocenters. The van der Waals surface area contributed by atoms with Gasteiger partial charge in [-0.3, -0.25) is 9.48 Å². The molecule has 0 spiro atoms. The van der Waals surface area contributed by atoms with Gasteiger partial charge >= 0.3 is 0 Å². The fourth-order valence-corrected chi connectivity index (χ4v) is 3.03. The Bertz CT molecular complexity index is 672. The van der Waals surface area contributed by atoms with Gasteiger partial charge < -0.3 is 9.64 Å². The number of carbonyl (C=O) groups excluding carboxylic acids is 1. The van der Waals surface area contributed by atoms with E-state index in [1.54, 1.807) is 17.2 Å². The molecule has 5 nitrogen and oxygen atoms in total. The number of likely N-dealkylation sites (tertiary alicyclic amines) is 1. The minimum atomic E-state index is -0.544. The first kappa shape index (κ1) is 15.5. The highest BCUT2D eigenvalue weighted by Gasteiger charge is 2.29. The molecule has 0 aliphatic carbocycles. The summed E-state index contributed by atoms with van der Waals surface area (Å²) in [7, 11) is 1.47. The van der Waals surface area contributed by atoms with E-state index in [2.05, 4.69) is 5.10 Å². The highest BCUT2D eigenvalue weighted by Crippen LogP contribution is 2.23. The highest BCUT2D eigenvalue weighted by atomic mass is 19.1. The average molecular weight is 317 g/mol. The monoisotopic (exact) mass is 317 g/mol. The lowest BCUT2D eigenvalue weighted by Gasteiger charge is -2.35. The molecule has 1 aromatic carbocycles. The van der Waals surface area contributed by atoms with Crippen LogP contribution in [0.3, 0.4) is 0 Å². The lowest BCUT2D eigenvalue weighted by molar-refractivity contribution is 0.0579. The molecule has 2 aromatic rings. The van der Waals surface area contributed by atoms with Crippen LogP contribution in [0.4, 0.5) is 4.39 Å². The van der Waals surface area contributed by atoms with Crippen LogP contribution in [0.2, 0.25) is 0 Å². The Kier molecular flexibility index (Phi) is 4.60. The van der Waals surface area contributed by atoms with E-state index < -0.39 is 5.82 Å². The van der Waals surface area contributed by atoms with Crippen LogP contribution in [-0.2, 0) is 6.54 Å². The van der Waals surface area contributed by atoms with E-state index in [1.165, 1.54) is 19.2 Å². The van der Waals surface area contributed by atoms with Gasteiger partial charge in [0.15, 0.2) is 0 Å². The number of hydrogen-bond donors (Lipinski definition) is 0. The van der Waals surface area contributed by atoms with Gasteiger partial charge in [0.25, 0.3) is 5.91 Å². The summed E-state index contributed by atoms with van der Waals surface area (Å²) in [6, 6.07) is 6.26. The fraction of sp³-hybridized carbons (Fsp3) is 0.412. The quantitative estimate of drug-likeness (QED) is 0.871. The van der Waals surface area contributed by atoms with E-state index in [1.807, 2.05) is 16.9 Å². The average Bonchev–Trinajstić information content (AvgIpc) is 3.07. The maximum atomic E-state index is 14.2. The van der Waals surface area contributed by atoms with Crippen LogP contribution < -0.4 is 4.74 Å². The summed E-state index contributed by atoms with van der Waals surface area (Å²) in [6.07, 6.45) is 6.52. The number of rotatable bonds is 4. The molecule has 23 heavy (non-hydrogen) atoms. The van der Waals surface area contributed by atoms with Crippen molar-refractivity contribution in [2.75, 3.05) is 13.7 Å². The van der Waals surface area contributed by atoms with Gasteiger partial charge in [0, 0.05) is 25.0 Å². The number of hydrogen-bond acceptors (Lipinski definition) is 3. The van der Waals surface area contributed by atoms with Gasteiger partial charge in [-0.25, -0.2) is 4.39 Å². The third-order valence-electron chi connectivity index (χ3n) is 4.25. The minimum absolute atomic E-state index is 0.0395. The molecule has 0 bridgehead atoms. The molecular formula is C17H20FN3O2. The Morgan fingerprint density at radius 2 is 2.30 bits per heavy atom. The van der Waals surface area contributed by atoms with Crippen molar-refractivity contribution >= 4 is 5.91 Å². The number of methoxy groups -OCH3 is 1. The number of halogens is 1. The van der Waals surface area contributed by atoms with E-state index in [9.17, 15) is 9.18 Å². The van der Waals surface area contributed by atoms with Crippen molar-refractivity contribution in [3.05, 3.63) is 48.0 Å². The van der Waals surface area contributed by atoms with Gasteiger partial charge in [-0.15, -0.1) is 0 Å². The third kappa shape index (κ3) is 3.36. The van der Waals surface area contributed by atoms with Crippen molar-refractivity contribution in [1.82, 2.24) is 14.7 Å². The molecule has 1 aliphatic rings. The van der Waals surface area contributed by atoms with E-state index in [0.29, 0.717) is 18.8 Å². The second-order valence-electron chi connectivity index (χ2n) is 5.72. The summed E-state index contributed by atoms with van der Waals surface area (Å²) < 4.78 is 21.0. The SMILES string of the molecule is COc1ccc(C(=O)N2CCCCC2Cn2cccn2)c(F)c1. The van der Waals surface area contributed by atoms with Crippen LogP contribution in [-0.4, -0.2) is 40.3 Å². The Morgan fingerprint density at radius 3 is 3.00 bits per heavy atom. The predicted molar refractivity (Wildman–Crippen MR) is 83.9 cm³/mol. The number of carbonyl (C=O) groups is 1. The van der Waals surface area contributed by atoms with Crippen molar-refractivity contribution < 1.29 is 13.9 Å². The molecule has 1 amide bonds. The van der Waals surface area contributed by atoms with Gasteiger partial charge in [0.05, 0.1) is 25.3 Å². The molecule has 1 aromatic heterocycles. The largest absolute Gasteiger partial charge is 0.497 e. The first-order valence-electron chi connectivity index (χ1n) is 7.81. The summed E-state index contributed by atoms with van der Waals surface area (Å²) in [5.41, 5.74) is 0.0955. The molecule has 0 N–H and O–H groups in total. The van der Waals surface area contributed by atoms with Crippen molar-refractivity contribution in [2.24, 2.45) is 0 Å². The molecule has 1 saturated heterocycles. The van der Waals surface area contributed by atoms with Crippen LogP contribution in [0.1, 0.15) is 29.6 Å². The summed E-state index contributed by atoms with van der Waals surface area (Å²) in [4.78, 5) is 14.5. The summed E-state index contributed by atoms with van der Waals surface area (Å²) in [5, 5.41) is 4.21. The maximum absolute atomic E-state index is 14.2. The Labute approximate surface area is 134 Å². The van der Waals surface area contributed by atoms with Gasteiger partial charge in [-0.1, -0.05) is 0 Å². The molecule has 3 rings (SSSR count). The standard InChI is InChI=1S/C17H20FN3O2/c1-23-14-6-7-15(16(18)11-14)17(22)21-10-3-2-5-13(21)12-20-9-4-8-19-20/h4,6-9,11,13H,2-3,5,10,12H2,1H3. The second-order valence-corrected chi connectivity index (χ2v) is 5.72. The van der Waals surface area contributed by atoms with Crippen LogP contribution in [0.25, 0.3) is 0 Å². The van der Waals surface area contributed by atoms with E-state index in [-0.39, 0.29) is 17.5 Å². The topological polar surface area (TPSA) is 47.4 Å². The number of benzene rings is 1. The molecule has 1 fully saturated rings. The van der Waals surface area contributed by atoms with E-state index in [0.717, 1.165) is 19.3 Å². The van der Waals surface area contributed by atoms with Gasteiger partial charge in [0.2, 0.25) is 0 Å². The van der Waals surface area contributed by atoms with Crippen LogP contribution in [0.5, 0.6) is 5.75 Å². The Balaban J connectivity index is 1.80. The Morgan fingerprint density at radius 1 is 1.43 bits per heavy atom. The normalized spacial score (nSPS) is 18.0. The van der Waals surface area contributed by atoms with Crippen molar-refractivity contribution in [2.45, 2.75) is 31.8 Å². The zero-order valence-corrected chi connectivity index (χ0v) is 13.1. The molecule has 122 valence electrons. The van der Waals surface area contributed by atoms with E-state index in [4.69, 9.17) is 4.74 Å². The van der Waals surface area contributed by atoms with E-state index >= 15 is 0 Å². The number of nitrogens with zero attached hydrogens (tertiary/aromatic N) is 3. The third-order valence-corrected chi connectivity index (χ3v) is 4.25. The zero-order chi connectivity index (χ0) is 16.2. The first-order chi connectivity index (χ1) is 11.2. The Hall–Kier alpha value is -2.37.